The van der Waals surface area contributed by atoms with Crippen LogP contribution in [0.15, 0.2) is 39.9 Å². The van der Waals surface area contributed by atoms with Crippen molar-refractivity contribution in [3.8, 4) is 5.75 Å². The van der Waals surface area contributed by atoms with Crippen LogP contribution < -0.4 is 9.46 Å². The summed E-state index contributed by atoms with van der Waals surface area (Å²) < 4.78 is 33.3. The summed E-state index contributed by atoms with van der Waals surface area (Å²) in [5.74, 6) is 0.232. The molecule has 0 unspecified atom stereocenters. The van der Waals surface area contributed by atoms with Crippen molar-refractivity contribution in [2.24, 2.45) is 0 Å². The van der Waals surface area contributed by atoms with E-state index in [0.717, 1.165) is 0 Å². The smallest absolute Gasteiger partial charge is 0.263 e. The van der Waals surface area contributed by atoms with Crippen LogP contribution >= 0.6 is 34.5 Å². The standard InChI is InChI=1S/C18H20Cl2N2O4S2/c1-12(26-16-5-4-13(19)11-15(16)20)18(23)22-8-6-14(7-9-22)21-28(24,25)17-3-2-10-27-17/h2-5,10-12,14,21H,6-9H2,1H3/t12-/m0/s1. The molecule has 1 saturated heterocycles. The predicted octanol–water partition coefficient (Wildman–Crippen LogP) is 3.79. The normalized spacial score (nSPS) is 16.8. The molecule has 2 aromatic rings. The van der Waals surface area contributed by atoms with Crippen molar-refractivity contribution < 1.29 is 17.9 Å². The second kappa shape index (κ2) is 9.00. The van der Waals surface area contributed by atoms with Crippen molar-refractivity contribution in [3.63, 3.8) is 0 Å². The molecule has 28 heavy (non-hydrogen) atoms. The minimum Gasteiger partial charge on any atom is -0.479 e. The Hall–Kier alpha value is -1.32. The van der Waals surface area contributed by atoms with Crippen LogP contribution in [0.5, 0.6) is 5.75 Å². The molecule has 0 aliphatic carbocycles. The summed E-state index contributed by atoms with van der Waals surface area (Å²) >= 11 is 13.1. The zero-order chi connectivity index (χ0) is 20.3. The van der Waals surface area contributed by atoms with Gasteiger partial charge >= 0.3 is 0 Å². The number of carbonyl (C=O) groups is 1. The molecular weight excluding hydrogens is 443 g/mol. The van der Waals surface area contributed by atoms with Gasteiger partial charge in [-0.05, 0) is 49.4 Å². The molecule has 0 radical (unpaired) electrons. The summed E-state index contributed by atoms with van der Waals surface area (Å²) in [4.78, 5) is 14.3. The van der Waals surface area contributed by atoms with Gasteiger partial charge in [0.1, 0.15) is 9.96 Å². The number of ether oxygens (including phenoxy) is 1. The fraction of sp³-hybridized carbons (Fsp3) is 0.389. The SMILES string of the molecule is C[C@H](Oc1ccc(Cl)cc1Cl)C(=O)N1CCC(NS(=O)(=O)c2cccs2)CC1. The minimum absolute atomic E-state index is 0.161. The average Bonchev–Trinajstić information content (AvgIpc) is 3.19. The second-order valence-corrected chi connectivity index (χ2v) is 10.2. The van der Waals surface area contributed by atoms with Crippen molar-refractivity contribution in [2.45, 2.75) is 36.1 Å². The van der Waals surface area contributed by atoms with Crippen LogP contribution in [0.1, 0.15) is 19.8 Å². The number of rotatable bonds is 6. The van der Waals surface area contributed by atoms with Crippen LogP contribution in [0.25, 0.3) is 0 Å². The number of amides is 1. The van der Waals surface area contributed by atoms with Gasteiger partial charge in [-0.3, -0.25) is 4.79 Å². The number of carbonyl (C=O) groups excluding carboxylic acids is 1. The highest BCUT2D eigenvalue weighted by molar-refractivity contribution is 7.91. The number of thiophene rings is 1. The predicted molar refractivity (Wildman–Crippen MR) is 111 cm³/mol. The first-order valence-corrected chi connectivity index (χ1v) is 11.8. The molecule has 1 amide bonds. The number of nitrogens with zero attached hydrogens (tertiary/aromatic N) is 1. The molecule has 6 nitrogen and oxygen atoms in total. The van der Waals surface area contributed by atoms with E-state index in [1.807, 2.05) is 0 Å². The van der Waals surface area contributed by atoms with E-state index in [9.17, 15) is 13.2 Å². The Morgan fingerprint density at radius 1 is 1.29 bits per heavy atom. The van der Waals surface area contributed by atoms with Gasteiger partial charge in [-0.2, -0.15) is 0 Å². The summed E-state index contributed by atoms with van der Waals surface area (Å²) in [5, 5.41) is 2.56. The van der Waals surface area contributed by atoms with Crippen LogP contribution in [0.3, 0.4) is 0 Å². The highest BCUT2D eigenvalue weighted by atomic mass is 35.5. The lowest BCUT2D eigenvalue weighted by atomic mass is 10.1. The van der Waals surface area contributed by atoms with Gasteiger partial charge in [0.05, 0.1) is 5.02 Å². The molecule has 3 rings (SSSR count). The Kier molecular flexibility index (Phi) is 6.88. The van der Waals surface area contributed by atoms with Gasteiger partial charge in [-0.15, -0.1) is 11.3 Å². The number of nitrogens with one attached hydrogen (secondary N) is 1. The van der Waals surface area contributed by atoms with Crippen molar-refractivity contribution in [1.82, 2.24) is 9.62 Å². The Balaban J connectivity index is 1.53. The summed E-state index contributed by atoms with van der Waals surface area (Å²) in [6.07, 6.45) is 0.383. The second-order valence-electron chi connectivity index (χ2n) is 6.49. The monoisotopic (exact) mass is 462 g/mol. The zero-order valence-electron chi connectivity index (χ0n) is 15.1. The molecular formula is C18H20Cl2N2O4S2. The molecule has 1 aromatic carbocycles. The van der Waals surface area contributed by atoms with Crippen LogP contribution in [0.4, 0.5) is 0 Å². The summed E-state index contributed by atoms with van der Waals surface area (Å²) in [5.41, 5.74) is 0. The number of halogens is 2. The van der Waals surface area contributed by atoms with E-state index in [1.165, 1.54) is 11.3 Å². The number of hydrogen-bond donors (Lipinski definition) is 1. The van der Waals surface area contributed by atoms with Crippen molar-refractivity contribution in [2.75, 3.05) is 13.1 Å². The number of piperidine rings is 1. The Labute approximate surface area is 178 Å². The molecule has 0 saturated carbocycles. The largest absolute Gasteiger partial charge is 0.479 e. The highest BCUT2D eigenvalue weighted by Crippen LogP contribution is 2.28. The maximum atomic E-state index is 12.7. The average molecular weight is 463 g/mol. The van der Waals surface area contributed by atoms with E-state index in [-0.39, 0.29) is 11.9 Å². The summed E-state index contributed by atoms with van der Waals surface area (Å²) in [6.45, 7) is 2.58. The topological polar surface area (TPSA) is 75.7 Å². The first kappa shape index (κ1) is 21.4. The molecule has 0 bridgehead atoms. The van der Waals surface area contributed by atoms with Crippen LogP contribution in [0.2, 0.25) is 10.0 Å². The van der Waals surface area contributed by atoms with Crippen LogP contribution in [-0.4, -0.2) is 44.5 Å². The van der Waals surface area contributed by atoms with Crippen LogP contribution in [-0.2, 0) is 14.8 Å². The van der Waals surface area contributed by atoms with Gasteiger partial charge in [-0.25, -0.2) is 13.1 Å². The lowest BCUT2D eigenvalue weighted by Gasteiger charge is -2.33. The first-order chi connectivity index (χ1) is 13.3. The van der Waals surface area contributed by atoms with Gasteiger partial charge in [0, 0.05) is 24.2 Å². The summed E-state index contributed by atoms with van der Waals surface area (Å²) in [6, 6.07) is 7.91. The van der Waals surface area contributed by atoms with Gasteiger partial charge in [0.2, 0.25) is 10.0 Å². The Morgan fingerprint density at radius 3 is 2.61 bits per heavy atom. The van der Waals surface area contributed by atoms with Crippen LogP contribution in [0, 0.1) is 0 Å². The Morgan fingerprint density at radius 2 is 2.00 bits per heavy atom. The molecule has 1 N–H and O–H groups in total. The molecule has 10 heteroatoms. The van der Waals surface area contributed by atoms with E-state index < -0.39 is 16.1 Å². The number of benzene rings is 1. The lowest BCUT2D eigenvalue weighted by Crippen LogP contribution is -2.49. The molecule has 1 aliphatic rings. The maximum absolute atomic E-state index is 12.7. The molecule has 152 valence electrons. The van der Waals surface area contributed by atoms with Gasteiger partial charge in [0.25, 0.3) is 5.91 Å². The van der Waals surface area contributed by atoms with E-state index >= 15 is 0 Å². The van der Waals surface area contributed by atoms with E-state index in [2.05, 4.69) is 4.72 Å². The fourth-order valence-corrected chi connectivity index (χ4v) is 5.75. The van der Waals surface area contributed by atoms with Gasteiger partial charge < -0.3 is 9.64 Å². The maximum Gasteiger partial charge on any atom is 0.263 e. The number of hydrogen-bond acceptors (Lipinski definition) is 5. The molecule has 1 atom stereocenters. The fourth-order valence-electron chi connectivity index (χ4n) is 2.98. The Bertz CT molecular complexity index is 927. The van der Waals surface area contributed by atoms with E-state index in [0.29, 0.717) is 45.9 Å². The first-order valence-electron chi connectivity index (χ1n) is 8.72. The molecule has 1 aliphatic heterocycles. The number of likely N-dealkylation sites (tertiary alicyclic amines) is 1. The molecule has 2 heterocycles. The molecule has 1 fully saturated rings. The van der Waals surface area contributed by atoms with E-state index in [4.69, 9.17) is 27.9 Å². The van der Waals surface area contributed by atoms with Gasteiger partial charge in [0.15, 0.2) is 6.10 Å². The molecule has 1 aromatic heterocycles. The van der Waals surface area contributed by atoms with Crippen molar-refractivity contribution in [1.29, 1.82) is 0 Å². The number of sulfonamides is 1. The molecule has 0 spiro atoms. The van der Waals surface area contributed by atoms with Gasteiger partial charge in [-0.1, -0.05) is 29.3 Å². The summed E-state index contributed by atoms with van der Waals surface area (Å²) in [7, 11) is -3.50. The lowest BCUT2D eigenvalue weighted by molar-refractivity contribution is -0.139. The third kappa shape index (κ3) is 5.18. The van der Waals surface area contributed by atoms with Crippen molar-refractivity contribution >= 4 is 50.5 Å². The van der Waals surface area contributed by atoms with Crippen molar-refractivity contribution in [3.05, 3.63) is 45.8 Å². The third-order valence-electron chi connectivity index (χ3n) is 4.43. The quantitative estimate of drug-likeness (QED) is 0.708. The zero-order valence-corrected chi connectivity index (χ0v) is 18.2. The third-order valence-corrected chi connectivity index (χ3v) is 7.88. The highest BCUT2D eigenvalue weighted by Gasteiger charge is 2.29. The minimum atomic E-state index is -3.50. The van der Waals surface area contributed by atoms with E-state index in [1.54, 1.807) is 47.5 Å².